The van der Waals surface area contributed by atoms with Gasteiger partial charge in [-0.05, 0) is 30.4 Å². The Kier molecular flexibility index (Phi) is 1.66. The normalized spacial score (nSPS) is 14.9. The first-order valence-corrected chi connectivity index (χ1v) is 5.49. The Morgan fingerprint density at radius 3 is 3.14 bits per heavy atom. The van der Waals surface area contributed by atoms with E-state index >= 15 is 0 Å². The van der Waals surface area contributed by atoms with Crippen LogP contribution in [0.1, 0.15) is 24.5 Å². The Morgan fingerprint density at radius 1 is 1.36 bits per heavy atom. The van der Waals surface area contributed by atoms with Crippen LogP contribution in [0, 0.1) is 0 Å². The van der Waals surface area contributed by atoms with Crippen molar-refractivity contribution in [3.63, 3.8) is 0 Å². The van der Waals surface area contributed by atoms with Crippen LogP contribution in [0.5, 0.6) is 0 Å². The lowest BCUT2D eigenvalue weighted by Crippen LogP contribution is -2.05. The lowest BCUT2D eigenvalue weighted by molar-refractivity contribution is 0.634. The molecule has 2 aromatic rings. The summed E-state index contributed by atoms with van der Waals surface area (Å²) in [5, 5.41) is 1.48. The van der Waals surface area contributed by atoms with Crippen molar-refractivity contribution in [3.05, 3.63) is 35.5 Å². The van der Waals surface area contributed by atoms with Gasteiger partial charge in [0.05, 0.1) is 5.52 Å². The van der Waals surface area contributed by atoms with Crippen LogP contribution >= 0.6 is 0 Å². The molecule has 1 aliphatic rings. The van der Waals surface area contributed by atoms with Crippen LogP contribution in [0.25, 0.3) is 10.9 Å². The second-order valence-corrected chi connectivity index (χ2v) is 4.12. The maximum atomic E-state index is 2.44. The zero-order valence-corrected chi connectivity index (χ0v) is 8.59. The minimum Gasteiger partial charge on any atom is -0.347 e. The average Bonchev–Trinajstić information content (AvgIpc) is 2.60. The lowest BCUT2D eigenvalue weighted by atomic mass is 10.0. The molecule has 0 unspecified atom stereocenters. The van der Waals surface area contributed by atoms with Gasteiger partial charge in [-0.2, -0.15) is 0 Å². The van der Waals surface area contributed by atoms with Gasteiger partial charge in [0.25, 0.3) is 0 Å². The third-order valence-electron chi connectivity index (χ3n) is 3.29. The molecular formula is C13H15N. The Bertz CT molecular complexity index is 479. The van der Waals surface area contributed by atoms with Crippen molar-refractivity contribution < 1.29 is 0 Å². The van der Waals surface area contributed by atoms with Gasteiger partial charge >= 0.3 is 0 Å². The first-order chi connectivity index (χ1) is 6.90. The molecule has 0 atom stereocenters. The fourth-order valence-electron chi connectivity index (χ4n) is 2.61. The maximum Gasteiger partial charge on any atom is 0.0515 e. The molecule has 0 bridgehead atoms. The van der Waals surface area contributed by atoms with Crippen molar-refractivity contribution >= 4 is 10.9 Å². The van der Waals surface area contributed by atoms with Crippen molar-refractivity contribution in [2.75, 3.05) is 0 Å². The molecule has 0 fully saturated rings. The summed E-state index contributed by atoms with van der Waals surface area (Å²) in [7, 11) is 0. The summed E-state index contributed by atoms with van der Waals surface area (Å²) >= 11 is 0. The van der Waals surface area contributed by atoms with Crippen LogP contribution in [0.15, 0.2) is 24.4 Å². The van der Waals surface area contributed by atoms with Crippen molar-refractivity contribution in [3.8, 4) is 0 Å². The summed E-state index contributed by atoms with van der Waals surface area (Å²) in [5.74, 6) is 0. The largest absolute Gasteiger partial charge is 0.347 e. The van der Waals surface area contributed by atoms with Crippen molar-refractivity contribution in [2.24, 2.45) is 0 Å². The fraction of sp³-hybridized carbons (Fsp3) is 0.385. The molecule has 1 aromatic carbocycles. The van der Waals surface area contributed by atoms with Crippen LogP contribution in [0.4, 0.5) is 0 Å². The molecule has 0 N–H and O–H groups in total. The minimum absolute atomic E-state index is 1.15. The number of hydrogen-bond donors (Lipinski definition) is 0. The summed E-state index contributed by atoms with van der Waals surface area (Å²) in [6.07, 6.45) is 6.04. The van der Waals surface area contributed by atoms with Crippen molar-refractivity contribution in [2.45, 2.75) is 32.7 Å². The van der Waals surface area contributed by atoms with E-state index in [2.05, 4.69) is 35.9 Å². The zero-order valence-electron chi connectivity index (χ0n) is 8.59. The van der Waals surface area contributed by atoms with E-state index in [1.54, 1.807) is 0 Å². The Labute approximate surface area is 84.4 Å². The van der Waals surface area contributed by atoms with Crippen LogP contribution in [-0.2, 0) is 19.4 Å². The van der Waals surface area contributed by atoms with Gasteiger partial charge in [-0.3, -0.25) is 0 Å². The van der Waals surface area contributed by atoms with Gasteiger partial charge in [-0.25, -0.2) is 0 Å². The van der Waals surface area contributed by atoms with E-state index in [0.717, 1.165) is 6.42 Å². The molecule has 1 heteroatoms. The fourth-order valence-corrected chi connectivity index (χ4v) is 2.61. The third kappa shape index (κ3) is 0.955. The molecule has 1 aromatic heterocycles. The Balaban J connectivity index is 2.42. The SMILES string of the molecule is CCc1cn2c3c(cccc13)CCC2. The zero-order chi connectivity index (χ0) is 9.54. The lowest BCUT2D eigenvalue weighted by Gasteiger charge is -2.14. The second kappa shape index (κ2) is 2.88. The van der Waals surface area contributed by atoms with Crippen LogP contribution < -0.4 is 0 Å². The molecule has 2 heterocycles. The highest BCUT2D eigenvalue weighted by Crippen LogP contribution is 2.29. The van der Waals surface area contributed by atoms with Gasteiger partial charge in [0.15, 0.2) is 0 Å². The van der Waals surface area contributed by atoms with Crippen molar-refractivity contribution in [1.29, 1.82) is 0 Å². The van der Waals surface area contributed by atoms with Gasteiger partial charge in [-0.15, -0.1) is 0 Å². The Hall–Kier alpha value is -1.24. The molecule has 0 radical (unpaired) electrons. The van der Waals surface area contributed by atoms with E-state index in [1.165, 1.54) is 41.4 Å². The average molecular weight is 185 g/mol. The van der Waals surface area contributed by atoms with E-state index in [4.69, 9.17) is 0 Å². The molecule has 0 spiro atoms. The molecule has 72 valence electrons. The van der Waals surface area contributed by atoms with Crippen LogP contribution in [0.2, 0.25) is 0 Å². The van der Waals surface area contributed by atoms with Gasteiger partial charge in [0.2, 0.25) is 0 Å². The van der Waals surface area contributed by atoms with E-state index in [9.17, 15) is 0 Å². The molecule has 0 saturated carbocycles. The van der Waals surface area contributed by atoms with E-state index < -0.39 is 0 Å². The van der Waals surface area contributed by atoms with E-state index in [0.29, 0.717) is 0 Å². The third-order valence-corrected chi connectivity index (χ3v) is 3.29. The number of aromatic nitrogens is 1. The second-order valence-electron chi connectivity index (χ2n) is 4.12. The predicted molar refractivity (Wildman–Crippen MR) is 59.6 cm³/mol. The Morgan fingerprint density at radius 2 is 2.29 bits per heavy atom. The summed E-state index contributed by atoms with van der Waals surface area (Å²) < 4.78 is 2.44. The molecule has 3 rings (SSSR count). The monoisotopic (exact) mass is 185 g/mol. The summed E-state index contributed by atoms with van der Waals surface area (Å²) in [5.41, 5.74) is 4.54. The number of benzene rings is 1. The first kappa shape index (κ1) is 8.10. The predicted octanol–water partition coefficient (Wildman–Crippen LogP) is 3.15. The molecule has 0 aliphatic carbocycles. The van der Waals surface area contributed by atoms with Crippen LogP contribution in [0.3, 0.4) is 0 Å². The van der Waals surface area contributed by atoms with E-state index in [1.807, 2.05) is 0 Å². The van der Waals surface area contributed by atoms with Gasteiger partial charge < -0.3 is 4.57 Å². The molecule has 0 saturated heterocycles. The molecule has 0 amide bonds. The highest BCUT2D eigenvalue weighted by Gasteiger charge is 2.14. The number of nitrogens with zero attached hydrogens (tertiary/aromatic N) is 1. The van der Waals surface area contributed by atoms with Crippen molar-refractivity contribution in [1.82, 2.24) is 4.57 Å². The first-order valence-electron chi connectivity index (χ1n) is 5.49. The molecular weight excluding hydrogens is 170 g/mol. The smallest absolute Gasteiger partial charge is 0.0515 e. The highest BCUT2D eigenvalue weighted by molar-refractivity contribution is 5.87. The summed E-state index contributed by atoms with van der Waals surface area (Å²) in [4.78, 5) is 0. The highest BCUT2D eigenvalue weighted by atomic mass is 15.0. The maximum absolute atomic E-state index is 2.44. The standard InChI is InChI=1S/C13H15N/c1-2-10-9-14-8-4-6-11-5-3-7-12(10)13(11)14/h3,5,7,9H,2,4,6,8H2,1H3. The number of para-hydroxylation sites is 1. The van der Waals surface area contributed by atoms with E-state index in [-0.39, 0.29) is 0 Å². The minimum atomic E-state index is 1.15. The molecule has 14 heavy (non-hydrogen) atoms. The van der Waals surface area contributed by atoms with Crippen LogP contribution in [-0.4, -0.2) is 4.57 Å². The molecule has 1 aliphatic heterocycles. The van der Waals surface area contributed by atoms with Gasteiger partial charge in [0, 0.05) is 18.1 Å². The topological polar surface area (TPSA) is 4.93 Å². The number of aryl methyl sites for hydroxylation is 3. The summed E-state index contributed by atoms with van der Waals surface area (Å²) in [6, 6.07) is 6.74. The quantitative estimate of drug-likeness (QED) is 0.643. The number of rotatable bonds is 1. The van der Waals surface area contributed by atoms with Gasteiger partial charge in [-0.1, -0.05) is 25.1 Å². The number of hydrogen-bond acceptors (Lipinski definition) is 0. The van der Waals surface area contributed by atoms with Gasteiger partial charge in [0.1, 0.15) is 0 Å². The summed E-state index contributed by atoms with van der Waals surface area (Å²) in [6.45, 7) is 3.44. The molecule has 1 nitrogen and oxygen atoms in total.